The highest BCUT2D eigenvalue weighted by Crippen LogP contribution is 2.36. The molecule has 0 aliphatic heterocycles. The lowest BCUT2D eigenvalue weighted by molar-refractivity contribution is 0.239. The fourth-order valence-electron chi connectivity index (χ4n) is 2.76. The number of benzene rings is 1. The lowest BCUT2D eigenvalue weighted by Gasteiger charge is -2.34. The molecule has 4 heteroatoms. The van der Waals surface area contributed by atoms with E-state index in [1.807, 2.05) is 20.0 Å². The lowest BCUT2D eigenvalue weighted by Crippen LogP contribution is -2.33. The molecule has 104 valence electrons. The number of fused-ring (bicyclic) bond motifs is 1. The molecule has 0 saturated carbocycles. The minimum absolute atomic E-state index is 0.0895. The van der Waals surface area contributed by atoms with Gasteiger partial charge in [0.25, 0.3) is 0 Å². The average molecular weight is 261 g/mol. The molecule has 1 aromatic carbocycles. The normalized spacial score (nSPS) is 13.9. The van der Waals surface area contributed by atoms with Gasteiger partial charge in [-0.15, -0.1) is 0 Å². The molecule has 0 aliphatic carbocycles. The van der Waals surface area contributed by atoms with Crippen molar-refractivity contribution < 1.29 is 4.42 Å². The van der Waals surface area contributed by atoms with Crippen molar-refractivity contribution in [2.24, 2.45) is 11.1 Å². The maximum atomic E-state index is 5.72. The number of hydrogen-bond donors (Lipinski definition) is 2. The molecule has 1 atom stereocenters. The van der Waals surface area contributed by atoms with E-state index in [9.17, 15) is 0 Å². The second-order valence-electron chi connectivity index (χ2n) is 5.71. The second-order valence-corrected chi connectivity index (χ2v) is 5.71. The highest BCUT2D eigenvalue weighted by Gasteiger charge is 2.29. The molecule has 0 aliphatic rings. The van der Waals surface area contributed by atoms with Crippen molar-refractivity contribution in [1.29, 1.82) is 0 Å². The topological polar surface area (TPSA) is 64.1 Å². The van der Waals surface area contributed by atoms with Crippen LogP contribution in [0.3, 0.4) is 0 Å². The number of nitrogens with two attached hydrogens (primary N) is 1. The maximum Gasteiger partial charge on any atom is 0.192 e. The molecule has 0 bridgehead atoms. The minimum atomic E-state index is 0.0895. The summed E-state index contributed by atoms with van der Waals surface area (Å²) in [7, 11) is 1.98. The first-order chi connectivity index (χ1) is 8.97. The number of rotatable bonds is 5. The van der Waals surface area contributed by atoms with Crippen LogP contribution in [0.1, 0.15) is 37.8 Å². The molecule has 1 unspecified atom stereocenters. The third-order valence-electron chi connectivity index (χ3n) is 3.71. The van der Waals surface area contributed by atoms with Gasteiger partial charge in [-0.1, -0.05) is 19.9 Å². The van der Waals surface area contributed by atoms with Crippen LogP contribution in [-0.4, -0.2) is 18.6 Å². The summed E-state index contributed by atoms with van der Waals surface area (Å²) in [5.41, 5.74) is 8.78. The van der Waals surface area contributed by atoms with Gasteiger partial charge in [0, 0.05) is 13.0 Å². The Hall–Kier alpha value is -1.39. The molecule has 4 nitrogen and oxygen atoms in total. The highest BCUT2D eigenvalue weighted by molar-refractivity contribution is 5.73. The molecule has 0 saturated heterocycles. The third kappa shape index (κ3) is 2.80. The molecule has 19 heavy (non-hydrogen) atoms. The molecule has 2 aromatic rings. The van der Waals surface area contributed by atoms with E-state index in [1.165, 1.54) is 5.56 Å². The van der Waals surface area contributed by atoms with Gasteiger partial charge in [-0.3, -0.25) is 0 Å². The molecule has 1 aromatic heterocycles. The van der Waals surface area contributed by atoms with Crippen LogP contribution >= 0.6 is 0 Å². The van der Waals surface area contributed by atoms with Gasteiger partial charge in [0.05, 0.1) is 0 Å². The van der Waals surface area contributed by atoms with Crippen LogP contribution in [0.4, 0.5) is 0 Å². The SMILES string of the molecule is CNC(c1ccc2nc(C)oc2c1)C(C)(C)CCN. The summed E-state index contributed by atoms with van der Waals surface area (Å²) in [6.45, 7) is 7.02. The van der Waals surface area contributed by atoms with Crippen LogP contribution in [0.15, 0.2) is 22.6 Å². The van der Waals surface area contributed by atoms with Crippen LogP contribution in [0.25, 0.3) is 11.1 Å². The quantitative estimate of drug-likeness (QED) is 0.868. The number of nitrogens with zero attached hydrogens (tertiary/aromatic N) is 1. The van der Waals surface area contributed by atoms with Gasteiger partial charge in [0.1, 0.15) is 5.52 Å². The first-order valence-electron chi connectivity index (χ1n) is 6.72. The maximum absolute atomic E-state index is 5.72. The van der Waals surface area contributed by atoms with Gasteiger partial charge in [-0.2, -0.15) is 0 Å². The summed E-state index contributed by atoms with van der Waals surface area (Å²) in [5, 5.41) is 3.40. The largest absolute Gasteiger partial charge is 0.441 e. The Morgan fingerprint density at radius 3 is 2.79 bits per heavy atom. The molecular formula is C15H23N3O. The van der Waals surface area contributed by atoms with E-state index in [4.69, 9.17) is 10.2 Å². The first kappa shape index (κ1) is 14.0. The van der Waals surface area contributed by atoms with Crippen molar-refractivity contribution in [1.82, 2.24) is 10.3 Å². The van der Waals surface area contributed by atoms with E-state index < -0.39 is 0 Å². The number of aryl methyl sites for hydroxylation is 1. The molecule has 0 fully saturated rings. The Morgan fingerprint density at radius 2 is 2.16 bits per heavy atom. The molecular weight excluding hydrogens is 238 g/mol. The Labute approximate surface area is 114 Å². The first-order valence-corrected chi connectivity index (χ1v) is 6.72. The molecule has 0 amide bonds. The lowest BCUT2D eigenvalue weighted by atomic mass is 9.78. The highest BCUT2D eigenvalue weighted by atomic mass is 16.3. The minimum Gasteiger partial charge on any atom is -0.441 e. The summed E-state index contributed by atoms with van der Waals surface area (Å²) < 4.78 is 5.61. The smallest absolute Gasteiger partial charge is 0.192 e. The van der Waals surface area contributed by atoms with Crippen LogP contribution < -0.4 is 11.1 Å². The third-order valence-corrected chi connectivity index (χ3v) is 3.71. The summed E-state index contributed by atoms with van der Waals surface area (Å²) in [4.78, 5) is 4.33. The van der Waals surface area contributed by atoms with Crippen LogP contribution in [0, 0.1) is 12.3 Å². The number of aromatic nitrogens is 1. The zero-order valence-electron chi connectivity index (χ0n) is 12.2. The fourth-order valence-corrected chi connectivity index (χ4v) is 2.76. The summed E-state index contributed by atoms with van der Waals surface area (Å²) in [6.07, 6.45) is 0.964. The van der Waals surface area contributed by atoms with E-state index >= 15 is 0 Å². The molecule has 2 rings (SSSR count). The van der Waals surface area contributed by atoms with Gasteiger partial charge in [0.15, 0.2) is 11.5 Å². The van der Waals surface area contributed by atoms with Crippen molar-refractivity contribution in [3.8, 4) is 0 Å². The Bertz CT molecular complexity index is 560. The van der Waals surface area contributed by atoms with Gasteiger partial charge in [0.2, 0.25) is 0 Å². The van der Waals surface area contributed by atoms with E-state index in [0.717, 1.165) is 17.5 Å². The summed E-state index contributed by atoms with van der Waals surface area (Å²) in [6, 6.07) is 6.45. The van der Waals surface area contributed by atoms with Crippen molar-refractivity contribution in [3.63, 3.8) is 0 Å². The van der Waals surface area contributed by atoms with Gasteiger partial charge >= 0.3 is 0 Å². The van der Waals surface area contributed by atoms with Gasteiger partial charge in [-0.25, -0.2) is 4.98 Å². The Balaban J connectivity index is 2.40. The van der Waals surface area contributed by atoms with E-state index in [2.05, 4.69) is 36.3 Å². The fraction of sp³-hybridized carbons (Fsp3) is 0.533. The average Bonchev–Trinajstić information content (AvgIpc) is 2.68. The Kier molecular flexibility index (Phi) is 3.92. The van der Waals surface area contributed by atoms with Gasteiger partial charge in [-0.05, 0) is 43.1 Å². The predicted molar refractivity (Wildman–Crippen MR) is 78.0 cm³/mol. The molecule has 3 N–H and O–H groups in total. The van der Waals surface area contributed by atoms with E-state index in [1.54, 1.807) is 0 Å². The monoisotopic (exact) mass is 261 g/mol. The van der Waals surface area contributed by atoms with Crippen molar-refractivity contribution in [3.05, 3.63) is 29.7 Å². The molecule has 0 radical (unpaired) electrons. The predicted octanol–water partition coefficient (Wildman–Crippen LogP) is 2.77. The van der Waals surface area contributed by atoms with E-state index in [0.29, 0.717) is 12.4 Å². The van der Waals surface area contributed by atoms with Crippen LogP contribution in [0.2, 0.25) is 0 Å². The summed E-state index contributed by atoms with van der Waals surface area (Å²) in [5.74, 6) is 0.703. The second kappa shape index (κ2) is 5.31. The number of nitrogens with one attached hydrogen (secondary N) is 1. The number of hydrogen-bond acceptors (Lipinski definition) is 4. The number of oxazole rings is 1. The van der Waals surface area contributed by atoms with Crippen molar-refractivity contribution >= 4 is 11.1 Å². The van der Waals surface area contributed by atoms with Gasteiger partial charge < -0.3 is 15.5 Å². The van der Waals surface area contributed by atoms with Crippen LogP contribution in [0.5, 0.6) is 0 Å². The van der Waals surface area contributed by atoms with Crippen molar-refractivity contribution in [2.45, 2.75) is 33.2 Å². The molecule has 1 heterocycles. The zero-order chi connectivity index (χ0) is 14.0. The van der Waals surface area contributed by atoms with E-state index in [-0.39, 0.29) is 11.5 Å². The molecule has 0 spiro atoms. The standard InChI is InChI=1S/C15H23N3O/c1-10-18-12-6-5-11(9-13(12)19-10)14(17-4)15(2,3)7-8-16/h5-6,9,14,17H,7-8,16H2,1-4H3. The van der Waals surface area contributed by atoms with Crippen LogP contribution in [-0.2, 0) is 0 Å². The zero-order valence-corrected chi connectivity index (χ0v) is 12.2. The summed E-state index contributed by atoms with van der Waals surface area (Å²) >= 11 is 0. The Morgan fingerprint density at radius 1 is 1.42 bits per heavy atom. The van der Waals surface area contributed by atoms with Crippen molar-refractivity contribution in [2.75, 3.05) is 13.6 Å².